The maximum absolute atomic E-state index is 12.9. The number of hydrogen-bond acceptors (Lipinski definition) is 4. The molecule has 0 bridgehead atoms. The van der Waals surface area contributed by atoms with Gasteiger partial charge in [-0.2, -0.15) is 0 Å². The molecule has 2 N–H and O–H groups in total. The highest BCUT2D eigenvalue weighted by molar-refractivity contribution is 6.31. The zero-order chi connectivity index (χ0) is 21.8. The molecule has 0 aliphatic carbocycles. The van der Waals surface area contributed by atoms with Crippen molar-refractivity contribution in [3.63, 3.8) is 0 Å². The lowest BCUT2D eigenvalue weighted by Crippen LogP contribution is -2.36. The lowest BCUT2D eigenvalue weighted by molar-refractivity contribution is -0.131. The second-order valence-electron chi connectivity index (χ2n) is 7.34. The zero-order valence-corrected chi connectivity index (χ0v) is 18.0. The van der Waals surface area contributed by atoms with Gasteiger partial charge in [0, 0.05) is 17.1 Å². The molecule has 1 amide bonds. The number of ether oxygens (including phenoxy) is 1. The Morgan fingerprint density at radius 1 is 1.17 bits per heavy atom. The fraction of sp³-hybridized carbons (Fsp3) is 0.304. The molecule has 0 radical (unpaired) electrons. The first-order valence-electron chi connectivity index (χ1n) is 9.66. The van der Waals surface area contributed by atoms with Crippen molar-refractivity contribution in [1.82, 2.24) is 9.88 Å². The molecule has 0 spiro atoms. The maximum atomic E-state index is 12.9. The van der Waals surface area contributed by atoms with Gasteiger partial charge >= 0.3 is 0 Å². The number of methoxy groups -OCH3 is 1. The van der Waals surface area contributed by atoms with Crippen molar-refractivity contribution in [3.8, 4) is 5.75 Å². The van der Waals surface area contributed by atoms with E-state index in [2.05, 4.69) is 4.98 Å². The van der Waals surface area contributed by atoms with Crippen LogP contribution in [0.15, 0.2) is 41.2 Å². The fourth-order valence-electron chi connectivity index (χ4n) is 3.54. The van der Waals surface area contributed by atoms with Crippen molar-refractivity contribution in [3.05, 3.63) is 74.0 Å². The van der Waals surface area contributed by atoms with Crippen LogP contribution in [0, 0.1) is 13.8 Å². The Hall–Kier alpha value is -2.83. The molecule has 0 saturated carbocycles. The predicted octanol–water partition coefficient (Wildman–Crippen LogP) is 3.37. The third kappa shape index (κ3) is 4.83. The molecule has 158 valence electrons. The van der Waals surface area contributed by atoms with Crippen LogP contribution in [-0.2, 0) is 17.8 Å². The number of aliphatic hydroxyl groups is 1. The zero-order valence-electron chi connectivity index (χ0n) is 17.3. The Kier molecular flexibility index (Phi) is 6.80. The minimum absolute atomic E-state index is 0.0620. The van der Waals surface area contributed by atoms with E-state index < -0.39 is 0 Å². The first-order valence-corrected chi connectivity index (χ1v) is 10.0. The first-order chi connectivity index (χ1) is 14.3. The molecule has 1 aromatic heterocycles. The van der Waals surface area contributed by atoms with Gasteiger partial charge in [0.2, 0.25) is 5.91 Å². The van der Waals surface area contributed by atoms with Gasteiger partial charge in [-0.05, 0) is 54.6 Å². The van der Waals surface area contributed by atoms with Gasteiger partial charge < -0.3 is 19.7 Å². The van der Waals surface area contributed by atoms with Crippen molar-refractivity contribution in [2.45, 2.75) is 26.8 Å². The van der Waals surface area contributed by atoms with Gasteiger partial charge in [-0.15, -0.1) is 0 Å². The average Bonchev–Trinajstić information content (AvgIpc) is 2.70. The monoisotopic (exact) mass is 428 g/mol. The molecule has 0 aliphatic rings. The average molecular weight is 429 g/mol. The summed E-state index contributed by atoms with van der Waals surface area (Å²) in [5, 5.41) is 10.8. The van der Waals surface area contributed by atoms with Crippen LogP contribution >= 0.6 is 11.6 Å². The fourth-order valence-corrected chi connectivity index (χ4v) is 3.78. The Bertz CT molecular complexity index is 1140. The van der Waals surface area contributed by atoms with Crippen LogP contribution in [0.2, 0.25) is 5.02 Å². The van der Waals surface area contributed by atoms with Crippen LogP contribution in [0.1, 0.15) is 22.3 Å². The molecule has 30 heavy (non-hydrogen) atoms. The van der Waals surface area contributed by atoms with Crippen molar-refractivity contribution in [2.75, 3.05) is 20.3 Å². The summed E-state index contributed by atoms with van der Waals surface area (Å²) in [6.45, 7) is 3.97. The van der Waals surface area contributed by atoms with Gasteiger partial charge in [0.05, 0.1) is 32.2 Å². The van der Waals surface area contributed by atoms with Crippen molar-refractivity contribution in [1.29, 1.82) is 0 Å². The number of hydrogen-bond donors (Lipinski definition) is 2. The summed E-state index contributed by atoms with van der Waals surface area (Å²) in [7, 11) is 1.55. The standard InChI is InChI=1S/C23H25ClN2O4/c1-14-8-15(2)22-17(9-14)10-18(23(29)25-22)13-26(6-7-27)21(28)11-16-4-5-19(30-3)12-20(16)24/h4-5,8-10,12,27H,6-7,11,13H2,1-3H3,(H,25,29). The second kappa shape index (κ2) is 9.32. The normalized spacial score (nSPS) is 11.0. The van der Waals surface area contributed by atoms with Crippen molar-refractivity contribution >= 4 is 28.4 Å². The van der Waals surface area contributed by atoms with Gasteiger partial charge in [0.25, 0.3) is 5.56 Å². The van der Waals surface area contributed by atoms with Crippen LogP contribution in [0.25, 0.3) is 10.9 Å². The molecule has 0 unspecified atom stereocenters. The van der Waals surface area contributed by atoms with Crippen LogP contribution in [0.4, 0.5) is 0 Å². The lowest BCUT2D eigenvalue weighted by Gasteiger charge is -2.22. The number of amides is 1. The quantitative estimate of drug-likeness (QED) is 0.604. The van der Waals surface area contributed by atoms with Crippen LogP contribution in [0.5, 0.6) is 5.75 Å². The predicted molar refractivity (Wildman–Crippen MR) is 118 cm³/mol. The van der Waals surface area contributed by atoms with E-state index >= 15 is 0 Å². The van der Waals surface area contributed by atoms with Crippen molar-refractivity contribution < 1.29 is 14.6 Å². The molecule has 3 aromatic rings. The Morgan fingerprint density at radius 3 is 2.60 bits per heavy atom. The number of carbonyl (C=O) groups excluding carboxylic acids is 1. The highest BCUT2D eigenvalue weighted by Crippen LogP contribution is 2.24. The minimum Gasteiger partial charge on any atom is -0.497 e. The molecule has 0 saturated heterocycles. The number of nitrogens with zero attached hydrogens (tertiary/aromatic N) is 1. The summed E-state index contributed by atoms with van der Waals surface area (Å²) >= 11 is 6.26. The smallest absolute Gasteiger partial charge is 0.253 e. The van der Waals surface area contributed by atoms with Crippen LogP contribution in [0.3, 0.4) is 0 Å². The first kappa shape index (κ1) is 21.9. The Morgan fingerprint density at radius 2 is 1.93 bits per heavy atom. The minimum atomic E-state index is -0.243. The number of halogens is 1. The summed E-state index contributed by atoms with van der Waals surface area (Å²) < 4.78 is 5.13. The molecule has 2 aromatic carbocycles. The number of benzene rings is 2. The number of rotatable bonds is 7. The summed E-state index contributed by atoms with van der Waals surface area (Å²) in [5.74, 6) is 0.382. The molecule has 7 heteroatoms. The number of carbonyl (C=O) groups is 1. The number of aryl methyl sites for hydroxylation is 2. The summed E-state index contributed by atoms with van der Waals surface area (Å²) in [5.41, 5.74) is 3.76. The van der Waals surface area contributed by atoms with Gasteiger partial charge in [-0.3, -0.25) is 9.59 Å². The van der Waals surface area contributed by atoms with Crippen LogP contribution in [-0.4, -0.2) is 41.2 Å². The largest absolute Gasteiger partial charge is 0.497 e. The Balaban J connectivity index is 1.87. The number of H-pyrrole nitrogens is 1. The number of aliphatic hydroxyl groups excluding tert-OH is 1. The summed E-state index contributed by atoms with van der Waals surface area (Å²) in [6.07, 6.45) is 0.0620. The molecule has 0 fully saturated rings. The third-order valence-electron chi connectivity index (χ3n) is 5.06. The van der Waals surface area contributed by atoms with Gasteiger partial charge in [-0.1, -0.05) is 29.3 Å². The van der Waals surface area contributed by atoms with E-state index in [0.717, 1.165) is 22.0 Å². The van der Waals surface area contributed by atoms with Crippen molar-refractivity contribution in [2.24, 2.45) is 0 Å². The number of fused-ring (bicyclic) bond motifs is 1. The molecular formula is C23H25ClN2O4. The summed E-state index contributed by atoms with van der Waals surface area (Å²) in [4.78, 5) is 29.9. The second-order valence-corrected chi connectivity index (χ2v) is 7.75. The van der Waals surface area contributed by atoms with E-state index in [-0.39, 0.29) is 37.6 Å². The Labute approximate surface area is 180 Å². The van der Waals surface area contributed by atoms with Gasteiger partial charge in [0.15, 0.2) is 0 Å². The van der Waals surface area contributed by atoms with Crippen LogP contribution < -0.4 is 10.3 Å². The van der Waals surface area contributed by atoms with E-state index in [1.165, 1.54) is 4.90 Å². The molecular weight excluding hydrogens is 404 g/mol. The highest BCUT2D eigenvalue weighted by Gasteiger charge is 2.18. The van der Waals surface area contributed by atoms with E-state index in [0.29, 0.717) is 21.9 Å². The molecule has 0 aliphatic heterocycles. The van der Waals surface area contributed by atoms with E-state index in [1.54, 1.807) is 25.3 Å². The molecule has 0 atom stereocenters. The van der Waals surface area contributed by atoms with Gasteiger partial charge in [-0.25, -0.2) is 0 Å². The molecule has 3 rings (SSSR count). The molecule has 1 heterocycles. The van der Waals surface area contributed by atoms with E-state index in [9.17, 15) is 14.7 Å². The SMILES string of the molecule is COc1ccc(CC(=O)N(CCO)Cc2cc3cc(C)cc(C)c3[nH]c2=O)c(Cl)c1. The summed E-state index contributed by atoms with van der Waals surface area (Å²) in [6, 6.07) is 11.0. The number of pyridine rings is 1. The number of aromatic amines is 1. The highest BCUT2D eigenvalue weighted by atomic mass is 35.5. The van der Waals surface area contributed by atoms with E-state index in [4.69, 9.17) is 16.3 Å². The maximum Gasteiger partial charge on any atom is 0.253 e. The molecule has 6 nitrogen and oxygen atoms in total. The number of nitrogens with one attached hydrogen (secondary N) is 1. The van der Waals surface area contributed by atoms with Gasteiger partial charge in [0.1, 0.15) is 5.75 Å². The topological polar surface area (TPSA) is 82.6 Å². The third-order valence-corrected chi connectivity index (χ3v) is 5.41. The lowest BCUT2D eigenvalue weighted by atomic mass is 10.0. The van der Waals surface area contributed by atoms with E-state index in [1.807, 2.05) is 32.0 Å². The number of aromatic nitrogens is 1.